The molecule has 0 amide bonds. The summed E-state index contributed by atoms with van der Waals surface area (Å²) in [5.41, 5.74) is 1.87. The quantitative estimate of drug-likeness (QED) is 0.473. The van der Waals surface area contributed by atoms with E-state index in [9.17, 15) is 24.9 Å². The smallest absolute Gasteiger partial charge is 0.453 e. The summed E-state index contributed by atoms with van der Waals surface area (Å²) in [5.74, 6) is -6.21. The molecule has 156 valence electrons. The second kappa shape index (κ2) is 8.41. The van der Waals surface area contributed by atoms with Crippen LogP contribution < -0.4 is 14.8 Å². The summed E-state index contributed by atoms with van der Waals surface area (Å²) in [5, 5.41) is 40.8. The lowest BCUT2D eigenvalue weighted by molar-refractivity contribution is -0.194. The first-order valence-electron chi connectivity index (χ1n) is 9.14. The molecular weight excluding hydrogens is 392 g/mol. The minimum absolute atomic E-state index is 0.0389. The van der Waals surface area contributed by atoms with Crippen LogP contribution in [0.1, 0.15) is 29.7 Å². The summed E-state index contributed by atoms with van der Waals surface area (Å²) >= 11 is 0. The van der Waals surface area contributed by atoms with Crippen LogP contribution in [-0.2, 0) is 16.0 Å². The van der Waals surface area contributed by atoms with Crippen molar-refractivity contribution in [3.05, 3.63) is 59.2 Å². The molecule has 2 aromatic rings. The molecule has 4 N–H and O–H groups in total. The first kappa shape index (κ1) is 21.1. The number of aliphatic carboxylic acids is 2. The van der Waals surface area contributed by atoms with Gasteiger partial charge in [-0.1, -0.05) is 18.2 Å². The molecule has 9 nitrogen and oxygen atoms in total. The largest absolute Gasteiger partial charge is 0.475 e. The van der Waals surface area contributed by atoms with Crippen LogP contribution in [0.5, 0.6) is 11.5 Å². The number of aliphatic hydroxyl groups is 1. The number of benzene rings is 2. The van der Waals surface area contributed by atoms with Crippen molar-refractivity contribution in [3.8, 4) is 17.6 Å². The fraction of sp³-hybridized carbons (Fsp3) is 0.286. The summed E-state index contributed by atoms with van der Waals surface area (Å²) < 4.78 is 10.1. The second-order valence-corrected chi connectivity index (χ2v) is 6.98. The van der Waals surface area contributed by atoms with E-state index in [-0.39, 0.29) is 24.1 Å². The monoisotopic (exact) mass is 412 g/mol. The molecule has 2 aromatic carbocycles. The minimum atomic E-state index is -2.78. The lowest BCUT2D eigenvalue weighted by Crippen LogP contribution is -2.54. The van der Waals surface area contributed by atoms with E-state index in [0.717, 1.165) is 5.56 Å². The zero-order valence-corrected chi connectivity index (χ0v) is 16.0. The van der Waals surface area contributed by atoms with Gasteiger partial charge >= 0.3 is 17.7 Å². The molecule has 1 aliphatic rings. The molecule has 0 aliphatic carbocycles. The van der Waals surface area contributed by atoms with Crippen LogP contribution in [0, 0.1) is 11.3 Å². The van der Waals surface area contributed by atoms with Gasteiger partial charge in [0.1, 0.15) is 0 Å². The van der Waals surface area contributed by atoms with E-state index in [1.807, 2.05) is 13.0 Å². The molecular formula is C21H20N2O7. The molecule has 1 aliphatic heterocycles. The first-order valence-corrected chi connectivity index (χ1v) is 9.14. The number of carbonyl (C=O) groups is 2. The summed E-state index contributed by atoms with van der Waals surface area (Å²) in [4.78, 5) is 22.6. The van der Waals surface area contributed by atoms with Gasteiger partial charge in [-0.15, -0.1) is 0 Å². The van der Waals surface area contributed by atoms with Crippen LogP contribution in [0.4, 0.5) is 0 Å². The highest BCUT2D eigenvalue weighted by Crippen LogP contribution is 2.40. The number of nitrogens with zero attached hydrogens (tertiary/aromatic N) is 1. The van der Waals surface area contributed by atoms with Gasteiger partial charge in [0, 0.05) is 12.6 Å². The number of nitrogens with one attached hydrogen (secondary N) is 1. The number of aliphatic hydroxyl groups excluding tert-OH is 1. The Kier molecular flexibility index (Phi) is 5.91. The van der Waals surface area contributed by atoms with E-state index in [4.69, 9.17) is 14.7 Å². The Morgan fingerprint density at radius 3 is 2.50 bits per heavy atom. The number of hydrogen-bond acceptors (Lipinski definition) is 7. The molecule has 0 spiro atoms. The Bertz CT molecular complexity index is 1000. The van der Waals surface area contributed by atoms with Gasteiger partial charge in [0.2, 0.25) is 0 Å². The van der Waals surface area contributed by atoms with Gasteiger partial charge in [-0.2, -0.15) is 5.26 Å². The van der Waals surface area contributed by atoms with Crippen molar-refractivity contribution in [2.75, 3.05) is 6.54 Å². The molecule has 0 radical (unpaired) electrons. The van der Waals surface area contributed by atoms with Crippen LogP contribution >= 0.6 is 0 Å². The molecule has 0 saturated heterocycles. The van der Waals surface area contributed by atoms with Crippen molar-refractivity contribution < 1.29 is 34.4 Å². The Balaban J connectivity index is 1.61. The van der Waals surface area contributed by atoms with Crippen molar-refractivity contribution >= 4 is 11.9 Å². The van der Waals surface area contributed by atoms with E-state index in [1.165, 1.54) is 12.1 Å². The van der Waals surface area contributed by atoms with Crippen molar-refractivity contribution in [1.82, 2.24) is 5.32 Å². The van der Waals surface area contributed by atoms with Crippen molar-refractivity contribution in [2.24, 2.45) is 0 Å². The van der Waals surface area contributed by atoms with E-state index in [2.05, 4.69) is 5.32 Å². The van der Waals surface area contributed by atoms with Crippen LogP contribution in [-0.4, -0.2) is 45.6 Å². The van der Waals surface area contributed by atoms with E-state index in [0.29, 0.717) is 17.5 Å². The topological polar surface area (TPSA) is 149 Å². The summed E-state index contributed by atoms with van der Waals surface area (Å²) in [6, 6.07) is 13.4. The third-order valence-electron chi connectivity index (χ3n) is 4.68. The van der Waals surface area contributed by atoms with Gasteiger partial charge in [-0.05, 0) is 48.7 Å². The number of rotatable bonds is 8. The molecule has 1 heterocycles. The number of ether oxygens (including phenoxy) is 2. The van der Waals surface area contributed by atoms with Crippen LogP contribution in [0.15, 0.2) is 42.5 Å². The Hall–Kier alpha value is -3.61. The van der Waals surface area contributed by atoms with E-state index >= 15 is 0 Å². The summed E-state index contributed by atoms with van der Waals surface area (Å²) in [7, 11) is 0. The minimum Gasteiger partial charge on any atom is -0.475 e. The van der Waals surface area contributed by atoms with Crippen molar-refractivity contribution in [3.63, 3.8) is 0 Å². The maximum absolute atomic E-state index is 11.3. The average Bonchev–Trinajstić information content (AvgIpc) is 3.12. The van der Waals surface area contributed by atoms with Gasteiger partial charge in [0.05, 0.1) is 17.7 Å². The zero-order chi connectivity index (χ0) is 21.9. The highest BCUT2D eigenvalue weighted by molar-refractivity contribution is 6.01. The standard InChI is InChI=1S/C21H20N2O7/c1-12(23-11-16(24)15-4-2-3-14(8-15)10-22)7-13-5-6-17-18(9-13)30-21(29-17,19(25)26)20(27)28/h2-6,8-9,12,16,23-24H,7,11H2,1H3,(H,25,26)(H,27,28). The maximum Gasteiger partial charge on any atom is 0.453 e. The molecule has 0 saturated carbocycles. The third kappa shape index (κ3) is 4.20. The van der Waals surface area contributed by atoms with Crippen molar-refractivity contribution in [1.29, 1.82) is 5.26 Å². The second-order valence-electron chi connectivity index (χ2n) is 6.98. The molecule has 0 fully saturated rings. The average molecular weight is 412 g/mol. The number of carboxylic acid groups (broad SMARTS) is 2. The maximum atomic E-state index is 11.3. The van der Waals surface area contributed by atoms with E-state index in [1.54, 1.807) is 30.3 Å². The Morgan fingerprint density at radius 2 is 1.83 bits per heavy atom. The Labute approximate surface area is 172 Å². The summed E-state index contributed by atoms with van der Waals surface area (Å²) in [6.45, 7) is 2.17. The van der Waals surface area contributed by atoms with Gasteiger partial charge < -0.3 is 30.1 Å². The van der Waals surface area contributed by atoms with Gasteiger partial charge in [-0.3, -0.25) is 0 Å². The number of fused-ring (bicyclic) bond motifs is 1. The first-order chi connectivity index (χ1) is 14.2. The fourth-order valence-corrected chi connectivity index (χ4v) is 3.11. The van der Waals surface area contributed by atoms with Gasteiger partial charge in [-0.25, -0.2) is 9.59 Å². The molecule has 3 rings (SSSR count). The third-order valence-corrected chi connectivity index (χ3v) is 4.68. The number of hydrogen-bond donors (Lipinski definition) is 4. The number of nitriles is 1. The van der Waals surface area contributed by atoms with Crippen LogP contribution in [0.2, 0.25) is 0 Å². The highest BCUT2D eigenvalue weighted by atomic mass is 16.8. The predicted octanol–water partition coefficient (Wildman–Crippen LogP) is 1.45. The van der Waals surface area contributed by atoms with E-state index < -0.39 is 23.8 Å². The molecule has 2 unspecified atom stereocenters. The van der Waals surface area contributed by atoms with Gasteiger partial charge in [0.25, 0.3) is 0 Å². The Morgan fingerprint density at radius 1 is 1.13 bits per heavy atom. The van der Waals surface area contributed by atoms with Crippen molar-refractivity contribution in [2.45, 2.75) is 31.3 Å². The fourth-order valence-electron chi connectivity index (χ4n) is 3.11. The van der Waals surface area contributed by atoms with Crippen LogP contribution in [0.25, 0.3) is 0 Å². The molecule has 30 heavy (non-hydrogen) atoms. The molecule has 2 atom stereocenters. The normalized spacial score (nSPS) is 15.8. The van der Waals surface area contributed by atoms with Crippen LogP contribution in [0.3, 0.4) is 0 Å². The molecule has 9 heteroatoms. The van der Waals surface area contributed by atoms with Gasteiger partial charge in [0.15, 0.2) is 11.5 Å². The predicted molar refractivity (Wildman–Crippen MR) is 103 cm³/mol. The summed E-state index contributed by atoms with van der Waals surface area (Å²) in [6.07, 6.45) is -0.279. The lowest BCUT2D eigenvalue weighted by Gasteiger charge is -2.18. The molecule has 0 bridgehead atoms. The lowest BCUT2D eigenvalue weighted by atomic mass is 10.0. The highest BCUT2D eigenvalue weighted by Gasteiger charge is 2.57. The zero-order valence-electron chi connectivity index (χ0n) is 16.0. The molecule has 0 aromatic heterocycles. The number of carboxylic acids is 2. The SMILES string of the molecule is CC(Cc1ccc2c(c1)OC(C(=O)O)(C(=O)O)O2)NCC(O)c1cccc(C#N)c1.